The molecule has 3 rings (SSSR count). The predicted octanol–water partition coefficient (Wildman–Crippen LogP) is 4.24. The van der Waals surface area contributed by atoms with Crippen LogP contribution in [0.3, 0.4) is 0 Å². The Morgan fingerprint density at radius 2 is 2.21 bits per heavy atom. The molecule has 1 heterocycles. The normalized spacial score (nSPS) is 14.6. The second-order valence-corrected chi connectivity index (χ2v) is 6.96. The maximum absolute atomic E-state index is 13.8. The molecule has 2 aromatic rings. The van der Waals surface area contributed by atoms with Gasteiger partial charge in [0.15, 0.2) is 0 Å². The fourth-order valence-electron chi connectivity index (χ4n) is 2.17. The summed E-state index contributed by atoms with van der Waals surface area (Å²) < 4.78 is 14.4. The molecular formula is C14H14FIN2S. The summed E-state index contributed by atoms with van der Waals surface area (Å²) in [5.74, 6) is -0.193. The van der Waals surface area contributed by atoms with Crippen molar-refractivity contribution in [2.45, 2.75) is 25.4 Å². The quantitative estimate of drug-likeness (QED) is 0.627. The van der Waals surface area contributed by atoms with Gasteiger partial charge < -0.3 is 10.6 Å². The Bertz CT molecular complexity index is 581. The first kappa shape index (κ1) is 13.2. The lowest BCUT2D eigenvalue weighted by Gasteiger charge is -2.26. The van der Waals surface area contributed by atoms with E-state index in [-0.39, 0.29) is 5.82 Å². The lowest BCUT2D eigenvalue weighted by atomic mass is 10.2. The Kier molecular flexibility index (Phi) is 3.66. The molecule has 0 saturated heterocycles. The van der Waals surface area contributed by atoms with Crippen LogP contribution >= 0.6 is 33.9 Å². The number of anilines is 2. The summed E-state index contributed by atoms with van der Waals surface area (Å²) in [6.45, 7) is 0.812. The number of nitrogens with two attached hydrogens (primary N) is 1. The van der Waals surface area contributed by atoms with Crippen LogP contribution in [0.15, 0.2) is 29.6 Å². The minimum atomic E-state index is -0.193. The molecule has 0 bridgehead atoms. The highest BCUT2D eigenvalue weighted by Gasteiger charge is 2.31. The zero-order chi connectivity index (χ0) is 13.4. The lowest BCUT2D eigenvalue weighted by molar-refractivity contribution is 0.619. The van der Waals surface area contributed by atoms with E-state index in [1.54, 1.807) is 23.5 Å². The molecule has 19 heavy (non-hydrogen) atoms. The summed E-state index contributed by atoms with van der Waals surface area (Å²) in [5.41, 5.74) is 7.56. The maximum atomic E-state index is 13.8. The Morgan fingerprint density at radius 3 is 2.84 bits per heavy atom. The molecule has 2 nitrogen and oxygen atoms in total. The molecule has 1 fully saturated rings. The van der Waals surface area contributed by atoms with E-state index in [4.69, 9.17) is 5.73 Å². The van der Waals surface area contributed by atoms with Crippen molar-refractivity contribution in [3.05, 3.63) is 43.9 Å². The number of nitrogens with zero attached hydrogens (tertiary/aromatic N) is 1. The van der Waals surface area contributed by atoms with Crippen molar-refractivity contribution in [1.29, 1.82) is 0 Å². The van der Waals surface area contributed by atoms with Crippen LogP contribution in [0, 0.1) is 9.39 Å². The van der Waals surface area contributed by atoms with Gasteiger partial charge in [0.2, 0.25) is 0 Å². The molecule has 1 aliphatic rings. The highest BCUT2D eigenvalue weighted by atomic mass is 127. The summed E-state index contributed by atoms with van der Waals surface area (Å²) in [7, 11) is 0. The van der Waals surface area contributed by atoms with Crippen LogP contribution in [0.25, 0.3) is 0 Å². The lowest BCUT2D eigenvalue weighted by Crippen LogP contribution is -2.25. The van der Waals surface area contributed by atoms with Gasteiger partial charge in [-0.05, 0) is 52.9 Å². The van der Waals surface area contributed by atoms with Crippen LogP contribution in [0.5, 0.6) is 0 Å². The van der Waals surface area contributed by atoms with Crippen molar-refractivity contribution in [1.82, 2.24) is 0 Å². The molecule has 0 amide bonds. The average Bonchev–Trinajstić information content (AvgIpc) is 3.09. The molecule has 0 spiro atoms. The van der Waals surface area contributed by atoms with Gasteiger partial charge in [-0.3, -0.25) is 0 Å². The molecular weight excluding hydrogens is 374 g/mol. The van der Waals surface area contributed by atoms with Crippen LogP contribution in [0.1, 0.15) is 17.7 Å². The molecule has 1 aromatic carbocycles. The molecule has 1 aromatic heterocycles. The number of rotatable bonds is 4. The number of hydrogen-bond acceptors (Lipinski definition) is 3. The smallest absolute Gasteiger partial charge is 0.138 e. The molecule has 100 valence electrons. The van der Waals surface area contributed by atoms with E-state index >= 15 is 0 Å². The zero-order valence-electron chi connectivity index (χ0n) is 10.3. The van der Waals surface area contributed by atoms with E-state index in [1.165, 1.54) is 17.7 Å². The van der Waals surface area contributed by atoms with Gasteiger partial charge in [0.25, 0.3) is 0 Å². The Labute approximate surface area is 129 Å². The van der Waals surface area contributed by atoms with E-state index in [0.29, 0.717) is 15.3 Å². The van der Waals surface area contributed by atoms with E-state index in [0.717, 1.165) is 12.2 Å². The fraction of sp³-hybridized carbons (Fsp3) is 0.286. The number of thiophene rings is 1. The van der Waals surface area contributed by atoms with Crippen LogP contribution < -0.4 is 10.6 Å². The third-order valence-electron chi connectivity index (χ3n) is 3.27. The Balaban J connectivity index is 1.94. The van der Waals surface area contributed by atoms with Crippen molar-refractivity contribution in [2.75, 3.05) is 10.6 Å². The number of halogens is 2. The molecule has 0 aliphatic heterocycles. The highest BCUT2D eigenvalue weighted by Crippen LogP contribution is 2.37. The monoisotopic (exact) mass is 388 g/mol. The van der Waals surface area contributed by atoms with Gasteiger partial charge in [-0.25, -0.2) is 4.39 Å². The Morgan fingerprint density at radius 1 is 1.42 bits per heavy atom. The Hall–Kier alpha value is -0.820. The van der Waals surface area contributed by atoms with Gasteiger partial charge >= 0.3 is 0 Å². The summed E-state index contributed by atoms with van der Waals surface area (Å²) in [4.78, 5) is 3.52. The summed E-state index contributed by atoms with van der Waals surface area (Å²) >= 11 is 3.70. The van der Waals surface area contributed by atoms with Gasteiger partial charge in [0, 0.05) is 17.0 Å². The molecule has 1 saturated carbocycles. The standard InChI is InChI=1S/C14H14FIN2S/c15-11-6-14(13(17)7-12(11)16)18(9-3-4-9)8-10-2-1-5-19-10/h1-2,5-7,9H,3-4,8,17H2. The van der Waals surface area contributed by atoms with Crippen molar-refractivity contribution >= 4 is 45.3 Å². The van der Waals surface area contributed by atoms with Crippen LogP contribution in [0.4, 0.5) is 15.8 Å². The topological polar surface area (TPSA) is 29.3 Å². The van der Waals surface area contributed by atoms with Gasteiger partial charge in [-0.2, -0.15) is 0 Å². The van der Waals surface area contributed by atoms with E-state index in [9.17, 15) is 4.39 Å². The minimum absolute atomic E-state index is 0.193. The summed E-state index contributed by atoms with van der Waals surface area (Å²) in [6, 6.07) is 7.95. The summed E-state index contributed by atoms with van der Waals surface area (Å²) in [5, 5.41) is 2.07. The summed E-state index contributed by atoms with van der Waals surface area (Å²) in [6.07, 6.45) is 2.33. The van der Waals surface area contributed by atoms with Crippen LogP contribution in [0.2, 0.25) is 0 Å². The van der Waals surface area contributed by atoms with Crippen molar-refractivity contribution in [3.63, 3.8) is 0 Å². The molecule has 0 atom stereocenters. The van der Waals surface area contributed by atoms with Crippen molar-refractivity contribution < 1.29 is 4.39 Å². The second kappa shape index (κ2) is 5.28. The zero-order valence-corrected chi connectivity index (χ0v) is 13.2. The van der Waals surface area contributed by atoms with Crippen molar-refractivity contribution in [2.24, 2.45) is 0 Å². The SMILES string of the molecule is Nc1cc(I)c(F)cc1N(Cc1cccs1)C1CC1. The molecule has 1 aliphatic carbocycles. The molecule has 0 unspecified atom stereocenters. The largest absolute Gasteiger partial charge is 0.397 e. The second-order valence-electron chi connectivity index (χ2n) is 4.76. The number of hydrogen-bond donors (Lipinski definition) is 1. The number of benzene rings is 1. The van der Waals surface area contributed by atoms with Gasteiger partial charge in [-0.1, -0.05) is 6.07 Å². The first-order chi connectivity index (χ1) is 9.15. The first-order valence-electron chi connectivity index (χ1n) is 6.18. The highest BCUT2D eigenvalue weighted by molar-refractivity contribution is 14.1. The third kappa shape index (κ3) is 2.86. The van der Waals surface area contributed by atoms with E-state index in [2.05, 4.69) is 16.3 Å². The number of nitrogen functional groups attached to an aromatic ring is 1. The van der Waals surface area contributed by atoms with Crippen LogP contribution in [-0.4, -0.2) is 6.04 Å². The van der Waals surface area contributed by atoms with Gasteiger partial charge in [0.05, 0.1) is 21.5 Å². The van der Waals surface area contributed by atoms with Gasteiger partial charge in [0.1, 0.15) is 5.82 Å². The molecule has 5 heteroatoms. The van der Waals surface area contributed by atoms with Crippen molar-refractivity contribution in [3.8, 4) is 0 Å². The first-order valence-corrected chi connectivity index (χ1v) is 8.14. The minimum Gasteiger partial charge on any atom is -0.397 e. The predicted molar refractivity (Wildman–Crippen MR) is 87.1 cm³/mol. The average molecular weight is 388 g/mol. The van der Waals surface area contributed by atoms with E-state index in [1.807, 2.05) is 28.7 Å². The molecule has 2 N–H and O–H groups in total. The maximum Gasteiger partial charge on any atom is 0.138 e. The van der Waals surface area contributed by atoms with Gasteiger partial charge in [-0.15, -0.1) is 11.3 Å². The fourth-order valence-corrected chi connectivity index (χ4v) is 3.36. The van der Waals surface area contributed by atoms with E-state index < -0.39 is 0 Å². The van der Waals surface area contributed by atoms with Crippen LogP contribution in [-0.2, 0) is 6.54 Å². The molecule has 0 radical (unpaired) electrons. The third-order valence-corrected chi connectivity index (χ3v) is 4.96.